The van der Waals surface area contributed by atoms with Crippen molar-refractivity contribution in [2.75, 3.05) is 0 Å². The standard InChI is InChI=1S/C29H26N2/c1-30-15-11-22(12-16-30)3-5-24-7-9-28-26(19-24)21-27-20-25(8-10-29(27)28)6-4-23-13-17-31(2)18-14-23/h3-20H,21H2,1-2H3/q+2/b5-3+,6-4+. The number of hydrogen-bond acceptors (Lipinski definition) is 0. The molecule has 0 fully saturated rings. The van der Waals surface area contributed by atoms with E-state index >= 15 is 0 Å². The number of benzene rings is 2. The van der Waals surface area contributed by atoms with Gasteiger partial charge in [0.25, 0.3) is 0 Å². The van der Waals surface area contributed by atoms with Crippen molar-refractivity contribution < 1.29 is 9.13 Å². The van der Waals surface area contributed by atoms with E-state index < -0.39 is 0 Å². The summed E-state index contributed by atoms with van der Waals surface area (Å²) in [4.78, 5) is 0. The summed E-state index contributed by atoms with van der Waals surface area (Å²) >= 11 is 0. The second kappa shape index (κ2) is 8.16. The third-order valence-electron chi connectivity index (χ3n) is 5.87. The summed E-state index contributed by atoms with van der Waals surface area (Å²) in [5.41, 5.74) is 10.5. The quantitative estimate of drug-likeness (QED) is 0.363. The van der Waals surface area contributed by atoms with Crippen molar-refractivity contribution in [1.82, 2.24) is 0 Å². The number of aryl methyl sites for hydroxylation is 2. The molecule has 2 heterocycles. The van der Waals surface area contributed by atoms with Crippen LogP contribution in [0.4, 0.5) is 0 Å². The van der Waals surface area contributed by atoms with Crippen molar-refractivity contribution in [2.45, 2.75) is 6.42 Å². The van der Waals surface area contributed by atoms with Gasteiger partial charge in [-0.1, -0.05) is 60.7 Å². The van der Waals surface area contributed by atoms with Crippen LogP contribution in [-0.4, -0.2) is 0 Å². The Labute approximate surface area is 184 Å². The lowest BCUT2D eigenvalue weighted by Gasteiger charge is -2.03. The van der Waals surface area contributed by atoms with Crippen LogP contribution in [-0.2, 0) is 20.5 Å². The van der Waals surface area contributed by atoms with E-state index in [1.165, 1.54) is 44.5 Å². The SMILES string of the molecule is C[n+]1ccc(/C=C/c2ccc3c(c2)Cc2cc(/C=C/c4cc[n+](C)cc4)ccc2-3)cc1. The van der Waals surface area contributed by atoms with E-state index in [1.54, 1.807) is 0 Å². The van der Waals surface area contributed by atoms with Gasteiger partial charge >= 0.3 is 0 Å². The van der Waals surface area contributed by atoms with Gasteiger partial charge in [-0.15, -0.1) is 0 Å². The largest absolute Gasteiger partial charge is 0.208 e. The fraction of sp³-hybridized carbons (Fsp3) is 0.103. The lowest BCUT2D eigenvalue weighted by Crippen LogP contribution is -2.25. The van der Waals surface area contributed by atoms with Gasteiger partial charge in [0.05, 0.1) is 0 Å². The molecule has 2 heteroatoms. The highest BCUT2D eigenvalue weighted by Crippen LogP contribution is 2.38. The van der Waals surface area contributed by atoms with E-state index in [1.807, 2.05) is 23.2 Å². The van der Waals surface area contributed by atoms with Gasteiger partial charge in [0.15, 0.2) is 24.8 Å². The van der Waals surface area contributed by atoms with Crippen LogP contribution in [0.25, 0.3) is 35.4 Å². The minimum absolute atomic E-state index is 0.996. The Morgan fingerprint density at radius 3 is 1.32 bits per heavy atom. The molecule has 0 atom stereocenters. The van der Waals surface area contributed by atoms with E-state index in [0.717, 1.165) is 6.42 Å². The fourth-order valence-corrected chi connectivity index (χ4v) is 4.09. The van der Waals surface area contributed by atoms with E-state index in [4.69, 9.17) is 0 Å². The molecule has 5 rings (SSSR count). The van der Waals surface area contributed by atoms with Crippen LogP contribution in [0.1, 0.15) is 33.4 Å². The highest BCUT2D eigenvalue weighted by atomic mass is 14.9. The van der Waals surface area contributed by atoms with E-state index in [9.17, 15) is 0 Å². The molecular weight excluding hydrogens is 376 g/mol. The highest BCUT2D eigenvalue weighted by molar-refractivity contribution is 5.81. The monoisotopic (exact) mass is 402 g/mol. The molecule has 0 saturated heterocycles. The normalized spacial score (nSPS) is 12.5. The maximum atomic E-state index is 2.33. The van der Waals surface area contributed by atoms with Crippen LogP contribution >= 0.6 is 0 Å². The Bertz CT molecular complexity index is 1190. The molecule has 0 spiro atoms. The number of pyridine rings is 2. The zero-order chi connectivity index (χ0) is 21.2. The Balaban J connectivity index is 1.35. The first-order valence-electron chi connectivity index (χ1n) is 10.7. The first-order valence-corrected chi connectivity index (χ1v) is 10.7. The molecule has 0 saturated carbocycles. The van der Waals surface area contributed by atoms with Gasteiger partial charge in [-0.25, -0.2) is 9.13 Å². The summed E-state index contributed by atoms with van der Waals surface area (Å²) in [6, 6.07) is 22.1. The highest BCUT2D eigenvalue weighted by Gasteiger charge is 2.18. The fourth-order valence-electron chi connectivity index (χ4n) is 4.09. The topological polar surface area (TPSA) is 7.76 Å². The molecule has 0 N–H and O–H groups in total. The number of hydrogen-bond donors (Lipinski definition) is 0. The Kier molecular flexibility index (Phi) is 5.05. The minimum Gasteiger partial charge on any atom is -0.208 e. The van der Waals surface area contributed by atoms with E-state index in [0.29, 0.717) is 0 Å². The molecule has 0 bridgehead atoms. The molecule has 1 aliphatic rings. The second-order valence-electron chi connectivity index (χ2n) is 8.27. The van der Waals surface area contributed by atoms with E-state index in [2.05, 4.69) is 110 Å². The Hall–Kier alpha value is -3.78. The van der Waals surface area contributed by atoms with E-state index in [-0.39, 0.29) is 0 Å². The lowest BCUT2D eigenvalue weighted by molar-refractivity contribution is -0.671. The predicted octanol–water partition coefficient (Wildman–Crippen LogP) is 5.25. The van der Waals surface area contributed by atoms with Crippen LogP contribution in [0.3, 0.4) is 0 Å². The van der Waals surface area contributed by atoms with Crippen LogP contribution in [0, 0.1) is 0 Å². The minimum atomic E-state index is 0.996. The average molecular weight is 403 g/mol. The van der Waals surface area contributed by atoms with Gasteiger partial charge in [-0.2, -0.15) is 0 Å². The van der Waals surface area contributed by atoms with Gasteiger partial charge < -0.3 is 0 Å². The van der Waals surface area contributed by atoms with Crippen molar-refractivity contribution >= 4 is 24.3 Å². The first kappa shape index (κ1) is 19.2. The number of fused-ring (bicyclic) bond motifs is 3. The zero-order valence-electron chi connectivity index (χ0n) is 18.0. The molecule has 31 heavy (non-hydrogen) atoms. The molecule has 2 nitrogen and oxygen atoms in total. The van der Waals surface area contributed by atoms with Gasteiger partial charge in [0, 0.05) is 24.3 Å². The molecule has 0 amide bonds. The molecule has 2 aromatic carbocycles. The van der Waals surface area contributed by atoms with Gasteiger partial charge in [0.1, 0.15) is 14.1 Å². The van der Waals surface area contributed by atoms with Crippen molar-refractivity contribution in [3.8, 4) is 11.1 Å². The molecule has 1 aliphatic carbocycles. The predicted molar refractivity (Wildman–Crippen MR) is 128 cm³/mol. The van der Waals surface area contributed by atoms with Gasteiger partial charge in [-0.3, -0.25) is 0 Å². The molecule has 0 aliphatic heterocycles. The number of aromatic nitrogens is 2. The summed E-state index contributed by atoms with van der Waals surface area (Å²) < 4.78 is 4.10. The van der Waals surface area contributed by atoms with Crippen molar-refractivity contribution in [2.24, 2.45) is 14.1 Å². The summed E-state index contributed by atoms with van der Waals surface area (Å²) in [7, 11) is 4.07. The number of nitrogens with zero attached hydrogens (tertiary/aromatic N) is 2. The maximum absolute atomic E-state index is 2.33. The van der Waals surface area contributed by atoms with Gasteiger partial charge in [0.2, 0.25) is 0 Å². The first-order chi connectivity index (χ1) is 15.1. The van der Waals surface area contributed by atoms with Crippen LogP contribution in [0.15, 0.2) is 85.5 Å². The Morgan fingerprint density at radius 2 is 0.903 bits per heavy atom. The van der Waals surface area contributed by atoms with Crippen LogP contribution < -0.4 is 9.13 Å². The van der Waals surface area contributed by atoms with Crippen molar-refractivity contribution in [3.05, 3.63) is 119 Å². The smallest absolute Gasteiger partial charge is 0.169 e. The second-order valence-corrected chi connectivity index (χ2v) is 8.27. The number of rotatable bonds is 4. The summed E-state index contributed by atoms with van der Waals surface area (Å²) in [5, 5.41) is 0. The average Bonchev–Trinajstić information content (AvgIpc) is 3.15. The van der Waals surface area contributed by atoms with Crippen molar-refractivity contribution in [3.63, 3.8) is 0 Å². The summed E-state index contributed by atoms with van der Waals surface area (Å²) in [5.74, 6) is 0. The lowest BCUT2D eigenvalue weighted by atomic mass is 10.0. The third-order valence-corrected chi connectivity index (χ3v) is 5.87. The maximum Gasteiger partial charge on any atom is 0.169 e. The molecule has 0 unspecified atom stereocenters. The molecule has 4 aromatic rings. The molecule has 2 aromatic heterocycles. The molecular formula is C29H26N2+2. The van der Waals surface area contributed by atoms with Crippen LogP contribution in [0.2, 0.25) is 0 Å². The van der Waals surface area contributed by atoms with Crippen LogP contribution in [0.5, 0.6) is 0 Å². The summed E-state index contributed by atoms with van der Waals surface area (Å²) in [6.07, 6.45) is 18.0. The summed E-state index contributed by atoms with van der Waals surface area (Å²) in [6.45, 7) is 0. The molecule has 0 radical (unpaired) electrons. The Morgan fingerprint density at radius 1 is 0.516 bits per heavy atom. The van der Waals surface area contributed by atoms with Crippen molar-refractivity contribution in [1.29, 1.82) is 0 Å². The third kappa shape index (κ3) is 4.24. The zero-order valence-corrected chi connectivity index (χ0v) is 18.0. The molecule has 150 valence electrons. The van der Waals surface area contributed by atoms with Gasteiger partial charge in [-0.05, 0) is 50.9 Å².